The van der Waals surface area contributed by atoms with Gasteiger partial charge in [0.2, 0.25) is 0 Å². The van der Waals surface area contributed by atoms with Crippen LogP contribution in [0, 0.1) is 11.3 Å². The first kappa shape index (κ1) is 14.8. The van der Waals surface area contributed by atoms with Gasteiger partial charge in [-0.2, -0.15) is 5.26 Å². The second kappa shape index (κ2) is 7.98. The van der Waals surface area contributed by atoms with Crippen molar-refractivity contribution in [3.8, 4) is 17.6 Å². The number of hydrogen-bond donors (Lipinski definition) is 1. The number of ether oxygens (including phenoxy) is 2. The van der Waals surface area contributed by atoms with Gasteiger partial charge in [-0.25, -0.2) is 0 Å². The molecule has 1 rings (SSSR count). The van der Waals surface area contributed by atoms with Gasteiger partial charge < -0.3 is 14.7 Å². The van der Waals surface area contributed by atoms with Gasteiger partial charge in [0.15, 0.2) is 0 Å². The van der Waals surface area contributed by atoms with Crippen LogP contribution in [-0.4, -0.2) is 24.6 Å². The molecule has 102 valence electrons. The Bertz CT molecular complexity index is 478. The van der Waals surface area contributed by atoms with Gasteiger partial charge in [0, 0.05) is 18.1 Å². The van der Waals surface area contributed by atoms with Crippen molar-refractivity contribution in [2.45, 2.75) is 26.2 Å². The van der Waals surface area contributed by atoms with E-state index in [4.69, 9.17) is 19.9 Å². The van der Waals surface area contributed by atoms with Gasteiger partial charge in [-0.1, -0.05) is 5.16 Å². The highest BCUT2D eigenvalue weighted by Crippen LogP contribution is 2.25. The van der Waals surface area contributed by atoms with Crippen LogP contribution >= 0.6 is 0 Å². The molecule has 5 heteroatoms. The summed E-state index contributed by atoms with van der Waals surface area (Å²) in [4.78, 5) is 0. The van der Waals surface area contributed by atoms with E-state index in [0.29, 0.717) is 30.2 Å². The number of nitriles is 1. The average molecular weight is 262 g/mol. The van der Waals surface area contributed by atoms with Crippen molar-refractivity contribution in [2.75, 3.05) is 13.7 Å². The summed E-state index contributed by atoms with van der Waals surface area (Å²) in [6.45, 7) is 2.21. The molecule has 1 aromatic rings. The molecule has 0 radical (unpaired) electrons. The Morgan fingerprint density at radius 3 is 2.84 bits per heavy atom. The lowest BCUT2D eigenvalue weighted by Crippen LogP contribution is -2.04. The molecule has 0 aliphatic heterocycles. The number of rotatable bonds is 7. The first-order valence-electron chi connectivity index (χ1n) is 6.09. The first-order chi connectivity index (χ1) is 9.22. The predicted octanol–water partition coefficient (Wildman–Crippen LogP) is 2.97. The van der Waals surface area contributed by atoms with Crippen LogP contribution in [0.4, 0.5) is 0 Å². The van der Waals surface area contributed by atoms with Crippen LogP contribution in [0.5, 0.6) is 11.5 Å². The van der Waals surface area contributed by atoms with Crippen molar-refractivity contribution in [3.05, 3.63) is 23.8 Å². The molecule has 19 heavy (non-hydrogen) atoms. The minimum Gasteiger partial charge on any atom is -0.497 e. The number of benzene rings is 1. The molecule has 0 aliphatic rings. The summed E-state index contributed by atoms with van der Waals surface area (Å²) in [5.74, 6) is 1.30. The molecular weight excluding hydrogens is 244 g/mol. The number of unbranched alkanes of at least 4 members (excludes halogenated alkanes) is 2. The normalized spacial score (nSPS) is 10.9. The second-order valence-corrected chi connectivity index (χ2v) is 4.01. The van der Waals surface area contributed by atoms with Gasteiger partial charge in [-0.05, 0) is 31.9 Å². The molecule has 0 fully saturated rings. The highest BCUT2D eigenvalue weighted by atomic mass is 16.5. The Morgan fingerprint density at radius 1 is 1.42 bits per heavy atom. The van der Waals surface area contributed by atoms with E-state index in [-0.39, 0.29) is 0 Å². The second-order valence-electron chi connectivity index (χ2n) is 4.01. The SMILES string of the molecule is COc1ccc(/C(C)=N/O)c(OCCCCC#N)c1. The fourth-order valence-electron chi connectivity index (χ4n) is 1.59. The third-order valence-electron chi connectivity index (χ3n) is 2.67. The van der Waals surface area contributed by atoms with Crippen molar-refractivity contribution < 1.29 is 14.7 Å². The number of nitrogens with zero attached hydrogens (tertiary/aromatic N) is 2. The minimum atomic E-state index is 0.481. The van der Waals surface area contributed by atoms with Crippen molar-refractivity contribution in [1.82, 2.24) is 0 Å². The molecule has 5 nitrogen and oxygen atoms in total. The summed E-state index contributed by atoms with van der Waals surface area (Å²) >= 11 is 0. The molecule has 0 saturated carbocycles. The molecule has 0 unspecified atom stereocenters. The highest BCUT2D eigenvalue weighted by Gasteiger charge is 2.09. The molecule has 1 N–H and O–H groups in total. The maximum Gasteiger partial charge on any atom is 0.132 e. The lowest BCUT2D eigenvalue weighted by atomic mass is 10.1. The summed E-state index contributed by atoms with van der Waals surface area (Å²) in [6.07, 6.45) is 2.15. The van der Waals surface area contributed by atoms with Gasteiger partial charge in [0.25, 0.3) is 0 Å². The van der Waals surface area contributed by atoms with Gasteiger partial charge in [0.1, 0.15) is 11.5 Å². The maximum absolute atomic E-state index is 8.85. The van der Waals surface area contributed by atoms with Crippen LogP contribution in [0.1, 0.15) is 31.7 Å². The third-order valence-corrected chi connectivity index (χ3v) is 2.67. The standard InChI is InChI=1S/C14H18N2O3/c1-11(16-17)13-7-6-12(18-2)10-14(13)19-9-5-3-4-8-15/h6-7,10,17H,3-5,9H2,1-2H3/b16-11+. The summed E-state index contributed by atoms with van der Waals surface area (Å²) in [7, 11) is 1.58. The maximum atomic E-state index is 8.85. The molecule has 0 saturated heterocycles. The molecular formula is C14H18N2O3. The van der Waals surface area contributed by atoms with E-state index in [1.165, 1.54) is 0 Å². The number of oxime groups is 1. The Morgan fingerprint density at radius 2 is 2.21 bits per heavy atom. The first-order valence-corrected chi connectivity index (χ1v) is 6.09. The zero-order chi connectivity index (χ0) is 14.1. The monoisotopic (exact) mass is 262 g/mol. The van der Waals surface area contributed by atoms with E-state index >= 15 is 0 Å². The molecule has 0 atom stereocenters. The summed E-state index contributed by atoms with van der Waals surface area (Å²) < 4.78 is 10.8. The largest absolute Gasteiger partial charge is 0.497 e. The van der Waals surface area contributed by atoms with Crippen LogP contribution in [0.25, 0.3) is 0 Å². The molecule has 0 aromatic heterocycles. The van der Waals surface area contributed by atoms with E-state index in [2.05, 4.69) is 11.2 Å². The topological polar surface area (TPSA) is 74.8 Å². The Hall–Kier alpha value is -2.22. The van der Waals surface area contributed by atoms with Crippen LogP contribution in [0.15, 0.2) is 23.4 Å². The lowest BCUT2D eigenvalue weighted by molar-refractivity contribution is 0.302. The summed E-state index contributed by atoms with van der Waals surface area (Å²) in [5.41, 5.74) is 1.21. The Labute approximate surface area is 113 Å². The van der Waals surface area contributed by atoms with Gasteiger partial charge >= 0.3 is 0 Å². The smallest absolute Gasteiger partial charge is 0.132 e. The fraction of sp³-hybridized carbons (Fsp3) is 0.429. The zero-order valence-electron chi connectivity index (χ0n) is 11.2. The molecule has 0 spiro atoms. The van der Waals surface area contributed by atoms with Crippen molar-refractivity contribution >= 4 is 5.71 Å². The van der Waals surface area contributed by atoms with Gasteiger partial charge in [0.05, 0.1) is 25.5 Å². The fourth-order valence-corrected chi connectivity index (χ4v) is 1.59. The van der Waals surface area contributed by atoms with E-state index in [1.54, 1.807) is 32.2 Å². The third kappa shape index (κ3) is 4.51. The summed E-state index contributed by atoms with van der Waals surface area (Å²) in [6, 6.07) is 7.43. The summed E-state index contributed by atoms with van der Waals surface area (Å²) in [5, 5.41) is 20.5. The number of methoxy groups -OCH3 is 1. The van der Waals surface area contributed by atoms with E-state index in [0.717, 1.165) is 18.4 Å². The Balaban J connectivity index is 2.75. The predicted molar refractivity (Wildman–Crippen MR) is 72.0 cm³/mol. The average Bonchev–Trinajstić information content (AvgIpc) is 2.46. The van der Waals surface area contributed by atoms with Crippen LogP contribution in [0.2, 0.25) is 0 Å². The minimum absolute atomic E-state index is 0.481. The quantitative estimate of drug-likeness (QED) is 0.355. The van der Waals surface area contributed by atoms with Gasteiger partial charge in [-0.3, -0.25) is 0 Å². The molecule has 1 aromatic carbocycles. The zero-order valence-corrected chi connectivity index (χ0v) is 11.2. The van der Waals surface area contributed by atoms with Crippen LogP contribution in [-0.2, 0) is 0 Å². The van der Waals surface area contributed by atoms with Crippen LogP contribution in [0.3, 0.4) is 0 Å². The lowest BCUT2D eigenvalue weighted by Gasteiger charge is -2.12. The van der Waals surface area contributed by atoms with Crippen molar-refractivity contribution in [1.29, 1.82) is 5.26 Å². The van der Waals surface area contributed by atoms with Crippen molar-refractivity contribution in [2.24, 2.45) is 5.16 Å². The Kier molecular flexibility index (Phi) is 6.23. The molecule has 0 heterocycles. The molecule has 0 amide bonds. The van der Waals surface area contributed by atoms with Crippen LogP contribution < -0.4 is 9.47 Å². The van der Waals surface area contributed by atoms with E-state index < -0.39 is 0 Å². The van der Waals surface area contributed by atoms with E-state index in [9.17, 15) is 0 Å². The van der Waals surface area contributed by atoms with E-state index in [1.807, 2.05) is 0 Å². The molecule has 0 aliphatic carbocycles. The number of hydrogen-bond acceptors (Lipinski definition) is 5. The van der Waals surface area contributed by atoms with Crippen molar-refractivity contribution in [3.63, 3.8) is 0 Å². The van der Waals surface area contributed by atoms with Gasteiger partial charge in [-0.15, -0.1) is 0 Å². The highest BCUT2D eigenvalue weighted by molar-refractivity contribution is 6.00. The molecule has 0 bridgehead atoms.